The Morgan fingerprint density at radius 3 is 2.75 bits per heavy atom. The fourth-order valence-electron chi connectivity index (χ4n) is 1.16. The van der Waals surface area contributed by atoms with Gasteiger partial charge in [0.25, 0.3) is 0 Å². The maximum atomic E-state index is 11.4. The summed E-state index contributed by atoms with van der Waals surface area (Å²) in [6.45, 7) is 2.69. The van der Waals surface area contributed by atoms with E-state index in [1.54, 1.807) is 11.8 Å². The average Bonchev–Trinajstić information content (AvgIpc) is 2.34. The van der Waals surface area contributed by atoms with Gasteiger partial charge in [-0.3, -0.25) is 4.79 Å². The Morgan fingerprint density at radius 1 is 1.44 bits per heavy atom. The Kier molecular flexibility index (Phi) is 6.57. The molecule has 1 aromatic carbocycles. The number of alkyl halides is 1. The van der Waals surface area contributed by atoms with Gasteiger partial charge in [0.1, 0.15) is 0 Å². The van der Waals surface area contributed by atoms with Crippen molar-refractivity contribution >= 4 is 33.6 Å². The second-order valence-corrected chi connectivity index (χ2v) is 5.60. The second kappa shape index (κ2) is 7.74. The normalized spacial score (nSPS) is 12.1. The molecule has 0 aliphatic rings. The number of hydrogen-bond donors (Lipinski definition) is 1. The number of nitrogens with one attached hydrogen (secondary N) is 1. The van der Waals surface area contributed by atoms with Gasteiger partial charge in [-0.2, -0.15) is 0 Å². The largest absolute Gasteiger partial charge is 0.354 e. The highest BCUT2D eigenvalue weighted by atomic mass is 79.9. The molecule has 0 bridgehead atoms. The fourth-order valence-corrected chi connectivity index (χ4v) is 2.11. The monoisotopic (exact) mass is 301 g/mol. The van der Waals surface area contributed by atoms with Crippen molar-refractivity contribution in [3.05, 3.63) is 30.3 Å². The van der Waals surface area contributed by atoms with Crippen LogP contribution >= 0.6 is 27.7 Å². The van der Waals surface area contributed by atoms with Crippen LogP contribution in [0.3, 0.4) is 0 Å². The third kappa shape index (κ3) is 5.03. The van der Waals surface area contributed by atoms with Gasteiger partial charge in [0, 0.05) is 17.2 Å². The zero-order valence-corrected chi connectivity index (χ0v) is 11.7. The van der Waals surface area contributed by atoms with Crippen molar-refractivity contribution in [2.24, 2.45) is 0 Å². The van der Waals surface area contributed by atoms with Crippen molar-refractivity contribution < 1.29 is 4.79 Å². The van der Waals surface area contributed by atoms with E-state index in [-0.39, 0.29) is 10.7 Å². The zero-order chi connectivity index (χ0) is 11.8. The number of halogens is 1. The lowest BCUT2D eigenvalue weighted by atomic mass is 10.3. The molecule has 88 valence electrons. The summed E-state index contributed by atoms with van der Waals surface area (Å²) in [5, 5.41) is 2.90. The van der Waals surface area contributed by atoms with Crippen LogP contribution in [0.5, 0.6) is 0 Å². The van der Waals surface area contributed by atoms with Crippen molar-refractivity contribution in [3.63, 3.8) is 0 Å². The summed E-state index contributed by atoms with van der Waals surface area (Å²) in [4.78, 5) is 12.6. The van der Waals surface area contributed by atoms with E-state index in [2.05, 4.69) is 33.4 Å². The SMILES string of the molecule is CCC(Br)C(=O)NCCSc1ccccc1. The Bertz CT molecular complexity index is 318. The van der Waals surface area contributed by atoms with Crippen molar-refractivity contribution in [1.29, 1.82) is 0 Å². The van der Waals surface area contributed by atoms with Crippen LogP contribution in [0.15, 0.2) is 35.2 Å². The molecule has 0 aromatic heterocycles. The van der Waals surface area contributed by atoms with Gasteiger partial charge in [0.15, 0.2) is 0 Å². The molecule has 1 unspecified atom stereocenters. The van der Waals surface area contributed by atoms with Crippen LogP contribution in [0.4, 0.5) is 0 Å². The van der Waals surface area contributed by atoms with Crippen LogP contribution in [0, 0.1) is 0 Å². The molecule has 1 rings (SSSR count). The van der Waals surface area contributed by atoms with E-state index in [1.807, 2.05) is 25.1 Å². The molecule has 1 amide bonds. The molecular weight excluding hydrogens is 286 g/mol. The highest BCUT2D eigenvalue weighted by Gasteiger charge is 2.10. The molecule has 1 atom stereocenters. The van der Waals surface area contributed by atoms with E-state index in [0.29, 0.717) is 6.54 Å². The minimum atomic E-state index is -0.0609. The van der Waals surface area contributed by atoms with Crippen LogP contribution in [0.1, 0.15) is 13.3 Å². The average molecular weight is 302 g/mol. The van der Waals surface area contributed by atoms with Crippen LogP contribution in [0.2, 0.25) is 0 Å². The number of thioether (sulfide) groups is 1. The minimum absolute atomic E-state index is 0.0609. The molecule has 2 nitrogen and oxygen atoms in total. The number of hydrogen-bond acceptors (Lipinski definition) is 2. The molecule has 0 spiro atoms. The first-order chi connectivity index (χ1) is 7.74. The third-order valence-corrected chi connectivity index (χ3v) is 4.13. The Balaban J connectivity index is 2.15. The molecule has 0 radical (unpaired) electrons. The summed E-state index contributed by atoms with van der Waals surface area (Å²) in [5.74, 6) is 0.982. The second-order valence-electron chi connectivity index (χ2n) is 3.33. The summed E-state index contributed by atoms with van der Waals surface area (Å²) in [7, 11) is 0. The lowest BCUT2D eigenvalue weighted by molar-refractivity contribution is -0.120. The van der Waals surface area contributed by atoms with E-state index < -0.39 is 0 Å². The first-order valence-electron chi connectivity index (χ1n) is 5.33. The van der Waals surface area contributed by atoms with Crippen LogP contribution in [-0.4, -0.2) is 23.0 Å². The summed E-state index contributed by atoms with van der Waals surface area (Å²) < 4.78 is 0. The first kappa shape index (κ1) is 13.6. The molecule has 0 fully saturated rings. The van der Waals surface area contributed by atoms with Gasteiger partial charge in [-0.1, -0.05) is 41.1 Å². The van der Waals surface area contributed by atoms with E-state index in [0.717, 1.165) is 12.2 Å². The molecule has 0 saturated carbocycles. The number of rotatable bonds is 6. The molecule has 1 aromatic rings. The van der Waals surface area contributed by atoms with Crippen molar-refractivity contribution in [2.75, 3.05) is 12.3 Å². The zero-order valence-electron chi connectivity index (χ0n) is 9.28. The van der Waals surface area contributed by atoms with Gasteiger partial charge in [-0.25, -0.2) is 0 Å². The lowest BCUT2D eigenvalue weighted by Crippen LogP contribution is -2.32. The number of carbonyl (C=O) groups excluding carboxylic acids is 1. The summed E-state index contributed by atoms with van der Waals surface area (Å²) in [6, 6.07) is 10.2. The number of amides is 1. The summed E-state index contributed by atoms with van der Waals surface area (Å²) in [5.41, 5.74) is 0. The molecule has 4 heteroatoms. The predicted molar refractivity (Wildman–Crippen MR) is 73.2 cm³/mol. The van der Waals surface area contributed by atoms with E-state index >= 15 is 0 Å². The van der Waals surface area contributed by atoms with Crippen molar-refractivity contribution in [1.82, 2.24) is 5.32 Å². The standard InChI is InChI=1S/C12H16BrNOS/c1-2-11(13)12(15)14-8-9-16-10-6-4-3-5-7-10/h3-7,11H,2,8-9H2,1H3,(H,14,15). The first-order valence-corrected chi connectivity index (χ1v) is 7.23. The lowest BCUT2D eigenvalue weighted by Gasteiger charge is -2.08. The van der Waals surface area contributed by atoms with E-state index in [9.17, 15) is 4.79 Å². The van der Waals surface area contributed by atoms with Gasteiger partial charge >= 0.3 is 0 Å². The summed E-state index contributed by atoms with van der Waals surface area (Å²) in [6.07, 6.45) is 0.817. The van der Waals surface area contributed by atoms with Crippen LogP contribution in [0.25, 0.3) is 0 Å². The Labute approximate surface area is 109 Å². The van der Waals surface area contributed by atoms with Gasteiger partial charge in [-0.15, -0.1) is 11.8 Å². The molecule has 16 heavy (non-hydrogen) atoms. The molecule has 0 aliphatic carbocycles. The van der Waals surface area contributed by atoms with Crippen LogP contribution < -0.4 is 5.32 Å². The van der Waals surface area contributed by atoms with E-state index in [1.165, 1.54) is 4.90 Å². The maximum Gasteiger partial charge on any atom is 0.233 e. The van der Waals surface area contributed by atoms with Crippen molar-refractivity contribution in [3.8, 4) is 0 Å². The highest BCUT2D eigenvalue weighted by Crippen LogP contribution is 2.15. The topological polar surface area (TPSA) is 29.1 Å². The fraction of sp³-hybridized carbons (Fsp3) is 0.417. The van der Waals surface area contributed by atoms with Crippen molar-refractivity contribution in [2.45, 2.75) is 23.1 Å². The Hall–Kier alpha value is -0.480. The number of benzene rings is 1. The van der Waals surface area contributed by atoms with Gasteiger partial charge < -0.3 is 5.32 Å². The smallest absolute Gasteiger partial charge is 0.233 e. The molecule has 1 N–H and O–H groups in total. The predicted octanol–water partition coefficient (Wildman–Crippen LogP) is 3.07. The molecule has 0 saturated heterocycles. The van der Waals surface area contributed by atoms with Gasteiger partial charge in [0.05, 0.1) is 4.83 Å². The highest BCUT2D eigenvalue weighted by molar-refractivity contribution is 9.10. The third-order valence-electron chi connectivity index (χ3n) is 2.06. The minimum Gasteiger partial charge on any atom is -0.354 e. The van der Waals surface area contributed by atoms with Gasteiger partial charge in [0.2, 0.25) is 5.91 Å². The van der Waals surface area contributed by atoms with Gasteiger partial charge in [-0.05, 0) is 18.6 Å². The summed E-state index contributed by atoms with van der Waals surface area (Å²) >= 11 is 5.07. The Morgan fingerprint density at radius 2 is 2.12 bits per heavy atom. The quantitative estimate of drug-likeness (QED) is 0.497. The maximum absolute atomic E-state index is 11.4. The number of carbonyl (C=O) groups is 1. The molecular formula is C12H16BrNOS. The van der Waals surface area contributed by atoms with E-state index in [4.69, 9.17) is 0 Å². The van der Waals surface area contributed by atoms with Crippen LogP contribution in [-0.2, 0) is 4.79 Å². The molecule has 0 heterocycles. The molecule has 0 aliphatic heterocycles.